The molecule has 0 amide bonds. The Hall–Kier alpha value is -4.29. The lowest BCUT2D eigenvalue weighted by molar-refractivity contribution is 0.778. The van der Waals surface area contributed by atoms with Gasteiger partial charge in [0.05, 0.1) is 13.7 Å². The highest BCUT2D eigenvalue weighted by Gasteiger charge is 2.21. The van der Waals surface area contributed by atoms with Crippen molar-refractivity contribution in [2.45, 2.75) is 48.3 Å². The van der Waals surface area contributed by atoms with Crippen LogP contribution < -0.4 is 0 Å². The molecule has 0 saturated carbocycles. The van der Waals surface area contributed by atoms with Crippen LogP contribution in [-0.4, -0.2) is 78.2 Å². The molecule has 0 aliphatic carbocycles. The van der Waals surface area contributed by atoms with Crippen LogP contribution in [0.25, 0.3) is 65.4 Å². The minimum atomic E-state index is 0.446. The molecule has 6 heterocycles. The van der Waals surface area contributed by atoms with Crippen molar-refractivity contribution >= 4 is 171 Å². The molecule has 0 atom stereocenters. The number of aromatic nitrogens is 6. The Morgan fingerprint density at radius 2 is 0.430 bits per heavy atom. The van der Waals surface area contributed by atoms with Crippen molar-refractivity contribution in [1.29, 1.82) is 0 Å². The zero-order valence-electron chi connectivity index (χ0n) is 43.8. The lowest BCUT2D eigenvalue weighted by Crippen LogP contribution is -2.16. The van der Waals surface area contributed by atoms with Crippen LogP contribution in [0.5, 0.6) is 0 Å². The van der Waals surface area contributed by atoms with E-state index in [-0.39, 0.29) is 0 Å². The number of thioether (sulfide) groups is 9. The average Bonchev–Trinajstić information content (AvgIpc) is 4.36. The Labute approximate surface area is 501 Å². The summed E-state index contributed by atoms with van der Waals surface area (Å²) in [7, 11) is 0. The molecule has 79 heavy (non-hydrogen) atoms. The standard InChI is InChI=1S/C64H64N6S9/c1-7-19-56-44(13-1)25-50(65-56)34-74-62(75-35-51-26-45-14-2-8-20-57(45)66-51)40-71-31-43(32-72-41-63(76-36-52-27-46-15-3-9-21-58(46)67-52)77-37-53-28-47-16-4-10-22-59(47)68-53)33-73-42-64(78-38-54-29-48-17-5-11-23-60(48)69-54)79-39-55-30-49-18-6-12-24-61(49)70-55/h1-30,43,62-70H,31-42H2. The quantitative estimate of drug-likeness (QED) is 0.0246. The van der Waals surface area contributed by atoms with Gasteiger partial charge in [0, 0.05) is 119 Å². The van der Waals surface area contributed by atoms with Gasteiger partial charge in [-0.3, -0.25) is 0 Å². The summed E-state index contributed by atoms with van der Waals surface area (Å²) < 4.78 is 1.34. The van der Waals surface area contributed by atoms with Crippen LogP contribution in [0.1, 0.15) is 34.2 Å². The fourth-order valence-corrected chi connectivity index (χ4v) is 22.6. The van der Waals surface area contributed by atoms with Crippen LogP contribution in [0, 0.1) is 5.92 Å². The van der Waals surface area contributed by atoms with Crippen LogP contribution in [0.3, 0.4) is 0 Å². The van der Waals surface area contributed by atoms with Gasteiger partial charge in [-0.25, -0.2) is 0 Å². The molecule has 12 aromatic rings. The lowest BCUT2D eigenvalue weighted by atomic mass is 10.2. The minimum Gasteiger partial charge on any atom is -0.358 e. The van der Waals surface area contributed by atoms with Gasteiger partial charge in [-0.15, -0.1) is 70.6 Å². The lowest BCUT2D eigenvalue weighted by Gasteiger charge is -2.22. The summed E-state index contributed by atoms with van der Waals surface area (Å²) in [5, 5.41) is 7.73. The normalized spacial score (nSPS) is 12.3. The van der Waals surface area contributed by atoms with Crippen molar-refractivity contribution in [3.05, 3.63) is 216 Å². The molecule has 15 heteroatoms. The molecule has 6 N–H and O–H groups in total. The average molecular weight is 1210 g/mol. The summed E-state index contributed by atoms with van der Waals surface area (Å²) >= 11 is 19.1. The molecule has 404 valence electrons. The minimum absolute atomic E-state index is 0.446. The van der Waals surface area contributed by atoms with Gasteiger partial charge in [-0.1, -0.05) is 109 Å². The van der Waals surface area contributed by atoms with E-state index in [1.54, 1.807) is 0 Å². The van der Waals surface area contributed by atoms with Crippen LogP contribution in [0.15, 0.2) is 182 Å². The van der Waals surface area contributed by atoms with Gasteiger partial charge in [0.15, 0.2) is 0 Å². The first-order chi connectivity index (χ1) is 39.0. The van der Waals surface area contributed by atoms with Crippen LogP contribution in [0.2, 0.25) is 0 Å². The number of aromatic amines is 6. The molecule has 0 saturated heterocycles. The van der Waals surface area contributed by atoms with E-state index in [1.165, 1.54) is 99.6 Å². The van der Waals surface area contributed by atoms with Crippen molar-refractivity contribution in [3.63, 3.8) is 0 Å². The molecule has 0 fully saturated rings. The molecule has 6 aromatic carbocycles. The fourth-order valence-electron chi connectivity index (χ4n) is 9.93. The van der Waals surface area contributed by atoms with Crippen molar-refractivity contribution in [2.75, 3.05) is 34.5 Å². The molecule has 0 radical (unpaired) electrons. The highest BCUT2D eigenvalue weighted by molar-refractivity contribution is 8.18. The highest BCUT2D eigenvalue weighted by Crippen LogP contribution is 2.39. The fraction of sp³-hybridized carbons (Fsp3) is 0.250. The second-order valence-electron chi connectivity index (χ2n) is 19.9. The summed E-state index contributed by atoms with van der Waals surface area (Å²) in [5.74, 6) is 13.2. The number of para-hydroxylation sites is 6. The maximum absolute atomic E-state index is 3.72. The van der Waals surface area contributed by atoms with Gasteiger partial charge < -0.3 is 29.9 Å². The van der Waals surface area contributed by atoms with E-state index in [2.05, 4.69) is 318 Å². The topological polar surface area (TPSA) is 94.7 Å². The van der Waals surface area contributed by atoms with Crippen molar-refractivity contribution in [3.8, 4) is 0 Å². The summed E-state index contributed by atoms with van der Waals surface area (Å²) in [5.41, 5.74) is 15.1. The largest absolute Gasteiger partial charge is 0.358 e. The molecular formula is C64H64N6S9. The monoisotopic (exact) mass is 1200 g/mol. The first-order valence-corrected chi connectivity index (χ1v) is 36.6. The number of fused-ring (bicyclic) bond motifs is 6. The van der Waals surface area contributed by atoms with Crippen molar-refractivity contribution in [1.82, 2.24) is 29.9 Å². The maximum Gasteiger partial charge on any atom is 0.0600 e. The van der Waals surface area contributed by atoms with Gasteiger partial charge >= 0.3 is 0 Å². The summed E-state index contributed by atoms with van der Waals surface area (Å²) in [6, 6.07) is 66.1. The van der Waals surface area contributed by atoms with E-state index < -0.39 is 0 Å². The first-order valence-electron chi connectivity index (χ1n) is 26.9. The molecule has 6 aromatic heterocycles. The molecule has 0 aliphatic rings. The Kier molecular flexibility index (Phi) is 19.3. The predicted molar refractivity (Wildman–Crippen MR) is 364 cm³/mol. The number of rotatable bonds is 30. The second kappa shape index (κ2) is 27.7. The van der Waals surface area contributed by atoms with E-state index in [0.29, 0.717) is 19.7 Å². The van der Waals surface area contributed by atoms with Crippen molar-refractivity contribution in [2.24, 2.45) is 5.92 Å². The number of nitrogens with one attached hydrogen (secondary N) is 6. The van der Waals surface area contributed by atoms with Gasteiger partial charge in [-0.05, 0) is 128 Å². The van der Waals surface area contributed by atoms with E-state index >= 15 is 0 Å². The number of hydrogen-bond acceptors (Lipinski definition) is 9. The molecule has 12 rings (SSSR count). The molecular weight excluding hydrogens is 1140 g/mol. The summed E-state index contributed by atoms with van der Waals surface area (Å²) in [4.78, 5) is 22.3. The number of hydrogen-bond donors (Lipinski definition) is 6. The first kappa shape index (κ1) is 55.3. The third-order valence-electron chi connectivity index (χ3n) is 13.9. The Bertz CT molecular complexity index is 3020. The van der Waals surface area contributed by atoms with E-state index in [4.69, 9.17) is 0 Å². The van der Waals surface area contributed by atoms with Crippen molar-refractivity contribution < 1.29 is 0 Å². The third-order valence-corrected chi connectivity index (χ3v) is 27.5. The Morgan fingerprint density at radius 1 is 0.241 bits per heavy atom. The Balaban J connectivity index is 0.739. The molecule has 0 spiro atoms. The maximum atomic E-state index is 3.72. The molecule has 6 nitrogen and oxygen atoms in total. The van der Waals surface area contributed by atoms with Crippen LogP contribution in [0.4, 0.5) is 0 Å². The summed E-state index contributed by atoms with van der Waals surface area (Å²) in [6.45, 7) is 0. The molecule has 0 unspecified atom stereocenters. The predicted octanol–water partition coefficient (Wildman–Crippen LogP) is 19.3. The van der Waals surface area contributed by atoms with E-state index in [0.717, 1.165) is 69.0 Å². The van der Waals surface area contributed by atoms with Gasteiger partial charge in [0.25, 0.3) is 0 Å². The number of H-pyrrole nitrogens is 6. The number of benzene rings is 6. The smallest absolute Gasteiger partial charge is 0.0600 e. The van der Waals surface area contributed by atoms with Gasteiger partial charge in [0.2, 0.25) is 0 Å². The zero-order chi connectivity index (χ0) is 53.0. The molecule has 0 aliphatic heterocycles. The summed E-state index contributed by atoms with van der Waals surface area (Å²) in [6.07, 6.45) is 0. The van der Waals surface area contributed by atoms with Gasteiger partial charge in [-0.2, -0.15) is 35.3 Å². The Morgan fingerprint density at radius 3 is 0.620 bits per heavy atom. The van der Waals surface area contributed by atoms with E-state index in [9.17, 15) is 0 Å². The molecule has 0 bridgehead atoms. The van der Waals surface area contributed by atoms with Gasteiger partial charge in [0.1, 0.15) is 0 Å². The SMILES string of the molecule is c1ccc2[nH]c(CSC(CSCC(CSCC(SCc3cc4ccccc4[nH]3)SCc3cc4ccccc4[nH]3)CSCC(SCc3cc4ccccc4[nH]3)SCc3cc4ccccc4[nH]3)SCc3cc4ccccc4[nH]3)cc2c1. The highest BCUT2D eigenvalue weighted by atomic mass is 32.2. The third kappa shape index (κ3) is 15.2. The van der Waals surface area contributed by atoms with Crippen LogP contribution in [-0.2, 0) is 34.5 Å². The zero-order valence-corrected chi connectivity index (χ0v) is 51.1. The van der Waals surface area contributed by atoms with Crippen LogP contribution >= 0.6 is 106 Å². The second-order valence-corrected chi connectivity index (χ2v) is 31.2. The van der Waals surface area contributed by atoms with E-state index in [1.807, 2.05) is 0 Å².